The number of carbonyl (C=O) groups is 2. The highest BCUT2D eigenvalue weighted by molar-refractivity contribution is 6.04. The summed E-state index contributed by atoms with van der Waals surface area (Å²) in [6, 6.07) is 6.01. The van der Waals surface area contributed by atoms with E-state index < -0.39 is 35.2 Å². The fourth-order valence-electron chi connectivity index (χ4n) is 3.12. The number of aryl methyl sites for hydroxylation is 1. The van der Waals surface area contributed by atoms with Crippen LogP contribution in [0.1, 0.15) is 34.3 Å². The predicted octanol–water partition coefficient (Wildman–Crippen LogP) is 2.86. The Hall–Kier alpha value is -2.94. The van der Waals surface area contributed by atoms with Gasteiger partial charge in [-0.3, -0.25) is 9.59 Å². The Kier molecular flexibility index (Phi) is 5.88. The van der Waals surface area contributed by atoms with Gasteiger partial charge in [0.25, 0.3) is 11.8 Å². The summed E-state index contributed by atoms with van der Waals surface area (Å²) in [5.74, 6) is -6.41. The van der Waals surface area contributed by atoms with Crippen LogP contribution in [0.4, 0.5) is 19.0 Å². The van der Waals surface area contributed by atoms with Gasteiger partial charge in [-0.15, -0.1) is 0 Å². The molecule has 0 aliphatic carbocycles. The van der Waals surface area contributed by atoms with E-state index in [1.165, 1.54) is 25.1 Å². The minimum atomic E-state index is -3.82. The number of hydrogen-bond donors (Lipinski definition) is 2. The number of alkyl halides is 2. The van der Waals surface area contributed by atoms with Gasteiger partial charge in [-0.05, 0) is 49.6 Å². The monoisotopic (exact) mass is 407 g/mol. The Bertz CT molecular complexity index is 911. The fourth-order valence-corrected chi connectivity index (χ4v) is 3.12. The van der Waals surface area contributed by atoms with Crippen LogP contribution in [-0.4, -0.2) is 46.0 Å². The number of aromatic nitrogens is 1. The molecule has 2 N–H and O–H groups in total. The van der Waals surface area contributed by atoms with Crippen molar-refractivity contribution in [3.8, 4) is 0 Å². The molecule has 0 unspecified atom stereocenters. The molecule has 1 aliphatic heterocycles. The molecular formula is C20H20F3N3O3. The van der Waals surface area contributed by atoms with Crippen LogP contribution in [0.25, 0.3) is 0 Å². The number of halogens is 3. The summed E-state index contributed by atoms with van der Waals surface area (Å²) in [5, 5.41) is 11.9. The molecule has 154 valence electrons. The molecule has 0 saturated carbocycles. The van der Waals surface area contributed by atoms with E-state index in [0.29, 0.717) is 0 Å². The maximum absolute atomic E-state index is 15.0. The number of aliphatic hydroxyl groups is 1. The van der Waals surface area contributed by atoms with Crippen LogP contribution < -0.4 is 5.32 Å². The molecule has 2 aromatic rings. The lowest BCUT2D eigenvalue weighted by atomic mass is 9.97. The van der Waals surface area contributed by atoms with Crippen LogP contribution in [0.3, 0.4) is 0 Å². The molecule has 0 radical (unpaired) electrons. The minimum absolute atomic E-state index is 0.0467. The van der Waals surface area contributed by atoms with Gasteiger partial charge in [0.15, 0.2) is 0 Å². The highest BCUT2D eigenvalue weighted by atomic mass is 19.3. The van der Waals surface area contributed by atoms with Gasteiger partial charge in [0.1, 0.15) is 11.6 Å². The van der Waals surface area contributed by atoms with Gasteiger partial charge in [-0.1, -0.05) is 6.07 Å². The molecule has 29 heavy (non-hydrogen) atoms. The summed E-state index contributed by atoms with van der Waals surface area (Å²) in [4.78, 5) is 29.5. The Morgan fingerprint density at radius 2 is 1.90 bits per heavy atom. The molecule has 1 fully saturated rings. The van der Waals surface area contributed by atoms with Crippen molar-refractivity contribution in [2.24, 2.45) is 0 Å². The number of anilines is 1. The number of nitrogens with zero attached hydrogens (tertiary/aromatic N) is 2. The second-order valence-corrected chi connectivity index (χ2v) is 6.94. The van der Waals surface area contributed by atoms with E-state index in [1.54, 1.807) is 0 Å². The maximum Gasteiger partial charge on any atom is 0.350 e. The summed E-state index contributed by atoms with van der Waals surface area (Å²) < 4.78 is 42.9. The molecule has 6 nitrogen and oxygen atoms in total. The largest absolute Gasteiger partial charge is 0.393 e. The van der Waals surface area contributed by atoms with Gasteiger partial charge < -0.3 is 15.3 Å². The second kappa shape index (κ2) is 8.20. The smallest absolute Gasteiger partial charge is 0.350 e. The van der Waals surface area contributed by atoms with Crippen molar-refractivity contribution in [1.82, 2.24) is 9.88 Å². The lowest BCUT2D eigenvalue weighted by Gasteiger charge is -2.32. The first kappa shape index (κ1) is 20.8. The van der Waals surface area contributed by atoms with Crippen LogP contribution in [0.15, 0.2) is 36.5 Å². The van der Waals surface area contributed by atoms with Crippen LogP contribution in [0, 0.1) is 12.7 Å². The van der Waals surface area contributed by atoms with E-state index in [9.17, 15) is 27.9 Å². The third-order valence-electron chi connectivity index (χ3n) is 4.83. The van der Waals surface area contributed by atoms with Gasteiger partial charge in [0.2, 0.25) is 0 Å². The SMILES string of the molecule is Cc1ccc(C(=O)Nc2ccc(F)cn2)cc1C(F)(F)C(=O)N1CCC(O)CC1. The molecule has 1 aromatic heterocycles. The molecule has 2 amide bonds. The van der Waals surface area contributed by atoms with Crippen molar-refractivity contribution in [2.75, 3.05) is 18.4 Å². The Morgan fingerprint density at radius 3 is 2.52 bits per heavy atom. The lowest BCUT2D eigenvalue weighted by Crippen LogP contribution is -2.47. The highest BCUT2D eigenvalue weighted by Gasteiger charge is 2.45. The number of rotatable bonds is 4. The zero-order valence-electron chi connectivity index (χ0n) is 15.7. The molecule has 2 heterocycles. The molecule has 0 bridgehead atoms. The Morgan fingerprint density at radius 1 is 1.21 bits per heavy atom. The van der Waals surface area contributed by atoms with E-state index >= 15 is 0 Å². The third kappa shape index (κ3) is 4.56. The summed E-state index contributed by atoms with van der Waals surface area (Å²) in [6.45, 7) is 1.52. The highest BCUT2D eigenvalue weighted by Crippen LogP contribution is 2.34. The third-order valence-corrected chi connectivity index (χ3v) is 4.83. The normalized spacial score (nSPS) is 15.3. The number of aliphatic hydroxyl groups excluding tert-OH is 1. The van der Waals surface area contributed by atoms with Crippen molar-refractivity contribution < 1.29 is 27.9 Å². The number of amides is 2. The average molecular weight is 407 g/mol. The van der Waals surface area contributed by atoms with Crippen molar-refractivity contribution in [3.63, 3.8) is 0 Å². The molecule has 9 heteroatoms. The first-order valence-corrected chi connectivity index (χ1v) is 9.08. The van der Waals surface area contributed by atoms with E-state index in [-0.39, 0.29) is 42.9 Å². The summed E-state index contributed by atoms with van der Waals surface area (Å²) >= 11 is 0. The van der Waals surface area contributed by atoms with E-state index in [0.717, 1.165) is 23.2 Å². The Labute approximate surface area is 165 Å². The van der Waals surface area contributed by atoms with Crippen LogP contribution in [-0.2, 0) is 10.7 Å². The summed E-state index contributed by atoms with van der Waals surface area (Å²) in [7, 11) is 0. The molecule has 3 rings (SSSR count). The van der Waals surface area contributed by atoms with Gasteiger partial charge in [-0.2, -0.15) is 8.78 Å². The molecule has 0 atom stereocenters. The van der Waals surface area contributed by atoms with Crippen molar-refractivity contribution in [2.45, 2.75) is 31.8 Å². The number of hydrogen-bond acceptors (Lipinski definition) is 4. The quantitative estimate of drug-likeness (QED) is 0.817. The first-order valence-electron chi connectivity index (χ1n) is 9.08. The summed E-state index contributed by atoms with van der Waals surface area (Å²) in [5.41, 5.74) is -0.483. The number of piperidine rings is 1. The number of likely N-dealkylation sites (tertiary alicyclic amines) is 1. The molecular weight excluding hydrogens is 387 g/mol. The zero-order valence-corrected chi connectivity index (χ0v) is 15.7. The standard InChI is InChI=1S/C20H20F3N3O3/c1-12-2-3-13(18(28)25-17-5-4-14(21)11-24-17)10-16(12)20(22,23)19(29)26-8-6-15(27)7-9-26/h2-5,10-11,15,27H,6-9H2,1H3,(H,24,25,28). The zero-order chi connectivity index (χ0) is 21.2. The molecule has 1 aliphatic rings. The van der Waals surface area contributed by atoms with E-state index in [1.807, 2.05) is 0 Å². The van der Waals surface area contributed by atoms with Gasteiger partial charge in [-0.25, -0.2) is 9.37 Å². The number of carbonyl (C=O) groups excluding carboxylic acids is 2. The van der Waals surface area contributed by atoms with E-state index in [4.69, 9.17) is 0 Å². The Balaban J connectivity index is 1.82. The number of nitrogens with one attached hydrogen (secondary N) is 1. The number of pyridine rings is 1. The summed E-state index contributed by atoms with van der Waals surface area (Å²) in [6.07, 6.45) is 0.807. The second-order valence-electron chi connectivity index (χ2n) is 6.94. The van der Waals surface area contributed by atoms with Crippen molar-refractivity contribution in [3.05, 3.63) is 59.0 Å². The minimum Gasteiger partial charge on any atom is -0.393 e. The van der Waals surface area contributed by atoms with Gasteiger partial charge in [0, 0.05) is 24.2 Å². The maximum atomic E-state index is 15.0. The van der Waals surface area contributed by atoms with Gasteiger partial charge >= 0.3 is 5.92 Å². The average Bonchev–Trinajstić information content (AvgIpc) is 2.70. The molecule has 1 saturated heterocycles. The van der Waals surface area contributed by atoms with E-state index in [2.05, 4.69) is 10.3 Å². The first-order chi connectivity index (χ1) is 13.7. The van der Waals surface area contributed by atoms with Crippen LogP contribution in [0.2, 0.25) is 0 Å². The van der Waals surface area contributed by atoms with Crippen LogP contribution >= 0.6 is 0 Å². The topological polar surface area (TPSA) is 82.5 Å². The predicted molar refractivity (Wildman–Crippen MR) is 99.0 cm³/mol. The van der Waals surface area contributed by atoms with Crippen LogP contribution in [0.5, 0.6) is 0 Å². The molecule has 0 spiro atoms. The fraction of sp³-hybridized carbons (Fsp3) is 0.350. The number of benzene rings is 1. The molecule has 1 aromatic carbocycles. The van der Waals surface area contributed by atoms with Crippen molar-refractivity contribution >= 4 is 17.6 Å². The lowest BCUT2D eigenvalue weighted by molar-refractivity contribution is -0.161. The van der Waals surface area contributed by atoms with Gasteiger partial charge in [0.05, 0.1) is 12.3 Å². The van der Waals surface area contributed by atoms with Crippen molar-refractivity contribution in [1.29, 1.82) is 0 Å².